The summed E-state index contributed by atoms with van der Waals surface area (Å²) in [5, 5.41) is 5.95. The van der Waals surface area contributed by atoms with Gasteiger partial charge in [-0.3, -0.25) is 0 Å². The molecule has 0 amide bonds. The van der Waals surface area contributed by atoms with Crippen LogP contribution >= 0.6 is 11.6 Å². The highest BCUT2D eigenvalue weighted by Crippen LogP contribution is 2.19. The summed E-state index contributed by atoms with van der Waals surface area (Å²) in [7, 11) is 0. The number of halogens is 1. The third-order valence-corrected chi connectivity index (χ3v) is 2.49. The topological polar surface area (TPSA) is 67.6 Å². The summed E-state index contributed by atoms with van der Waals surface area (Å²) in [6.07, 6.45) is 5.12. The molecular formula is C13H19ClN4. The van der Waals surface area contributed by atoms with E-state index < -0.39 is 0 Å². The summed E-state index contributed by atoms with van der Waals surface area (Å²) >= 11 is 6.00. The fourth-order valence-electron chi connectivity index (χ4n) is 1.53. The molecule has 0 aliphatic rings. The molecule has 4 nitrogen and oxygen atoms in total. The standard InChI is InChI=1S/C13H19ClN4/c1-3-4-5-11-6-7-13(14)8-12(11)9-18(16)17-10(2)15/h4-8H,3,9,16H2,1-2H3,(H2,15,17)/b5-4+. The Morgan fingerprint density at radius 1 is 1.50 bits per heavy atom. The zero-order valence-electron chi connectivity index (χ0n) is 10.7. The first-order chi connectivity index (χ1) is 8.52. The Morgan fingerprint density at radius 3 is 2.83 bits per heavy atom. The number of benzene rings is 1. The average molecular weight is 267 g/mol. The molecule has 1 rings (SSSR count). The molecule has 0 spiro atoms. The van der Waals surface area contributed by atoms with Gasteiger partial charge < -0.3 is 5.73 Å². The normalized spacial score (nSPS) is 12.1. The summed E-state index contributed by atoms with van der Waals surface area (Å²) in [5.74, 6) is 6.17. The Hall–Kier alpha value is -1.52. The van der Waals surface area contributed by atoms with E-state index in [1.54, 1.807) is 6.92 Å². The maximum absolute atomic E-state index is 6.00. The van der Waals surface area contributed by atoms with E-state index in [0.29, 0.717) is 17.4 Å². The Bertz CT molecular complexity index is 450. The first kappa shape index (κ1) is 14.5. The van der Waals surface area contributed by atoms with E-state index in [2.05, 4.69) is 24.2 Å². The second-order valence-electron chi connectivity index (χ2n) is 3.99. The van der Waals surface area contributed by atoms with Crippen molar-refractivity contribution >= 4 is 23.5 Å². The Labute approximate surface area is 113 Å². The third kappa shape index (κ3) is 4.77. The van der Waals surface area contributed by atoms with Crippen molar-refractivity contribution in [1.29, 1.82) is 0 Å². The Balaban J connectivity index is 2.95. The van der Waals surface area contributed by atoms with Crippen LogP contribution in [0.3, 0.4) is 0 Å². The fraction of sp³-hybridized carbons (Fsp3) is 0.308. The molecule has 0 radical (unpaired) electrons. The van der Waals surface area contributed by atoms with E-state index in [1.807, 2.05) is 18.2 Å². The van der Waals surface area contributed by atoms with Crippen LogP contribution in [0.4, 0.5) is 0 Å². The first-order valence-corrected chi connectivity index (χ1v) is 6.18. The number of amidine groups is 1. The van der Waals surface area contributed by atoms with Crippen molar-refractivity contribution in [3.05, 3.63) is 40.4 Å². The molecular weight excluding hydrogens is 248 g/mol. The van der Waals surface area contributed by atoms with Crippen LogP contribution in [0.1, 0.15) is 31.4 Å². The maximum Gasteiger partial charge on any atom is 0.118 e. The van der Waals surface area contributed by atoms with E-state index in [0.717, 1.165) is 17.5 Å². The molecule has 0 fully saturated rings. The minimum Gasteiger partial charge on any atom is -0.386 e. The van der Waals surface area contributed by atoms with Crippen molar-refractivity contribution in [3.63, 3.8) is 0 Å². The summed E-state index contributed by atoms with van der Waals surface area (Å²) in [5.41, 5.74) is 7.58. The predicted molar refractivity (Wildman–Crippen MR) is 77.8 cm³/mol. The number of hydrazine groups is 1. The molecule has 0 aliphatic heterocycles. The van der Waals surface area contributed by atoms with Gasteiger partial charge in [0, 0.05) is 5.02 Å². The van der Waals surface area contributed by atoms with Gasteiger partial charge in [-0.15, -0.1) is 5.10 Å². The second kappa shape index (κ2) is 7.03. The van der Waals surface area contributed by atoms with Crippen molar-refractivity contribution in [3.8, 4) is 0 Å². The molecule has 0 unspecified atom stereocenters. The summed E-state index contributed by atoms with van der Waals surface area (Å²) < 4.78 is 0. The van der Waals surface area contributed by atoms with E-state index >= 15 is 0 Å². The number of nitrogens with two attached hydrogens (primary N) is 2. The summed E-state index contributed by atoms with van der Waals surface area (Å²) in [4.78, 5) is 0. The lowest BCUT2D eigenvalue weighted by Crippen LogP contribution is -2.28. The number of allylic oxidation sites excluding steroid dienone is 1. The number of hydrazone groups is 1. The van der Waals surface area contributed by atoms with Gasteiger partial charge in [0.05, 0.1) is 6.54 Å². The van der Waals surface area contributed by atoms with Crippen LogP contribution in [0.25, 0.3) is 6.08 Å². The van der Waals surface area contributed by atoms with Gasteiger partial charge in [-0.25, -0.2) is 11.0 Å². The van der Waals surface area contributed by atoms with Crippen LogP contribution in [0.5, 0.6) is 0 Å². The van der Waals surface area contributed by atoms with Gasteiger partial charge in [0.2, 0.25) is 0 Å². The van der Waals surface area contributed by atoms with Crippen LogP contribution in [0.15, 0.2) is 29.4 Å². The van der Waals surface area contributed by atoms with E-state index in [-0.39, 0.29) is 0 Å². The Morgan fingerprint density at radius 2 is 2.22 bits per heavy atom. The molecule has 1 aromatic rings. The quantitative estimate of drug-likeness (QED) is 0.373. The minimum atomic E-state index is 0.421. The van der Waals surface area contributed by atoms with Crippen molar-refractivity contribution in [2.45, 2.75) is 26.8 Å². The van der Waals surface area contributed by atoms with Gasteiger partial charge >= 0.3 is 0 Å². The molecule has 0 saturated heterocycles. The van der Waals surface area contributed by atoms with Crippen molar-refractivity contribution < 1.29 is 0 Å². The molecule has 0 atom stereocenters. The monoisotopic (exact) mass is 266 g/mol. The zero-order valence-corrected chi connectivity index (χ0v) is 11.5. The van der Waals surface area contributed by atoms with Gasteiger partial charge in [0.1, 0.15) is 5.84 Å². The lowest BCUT2D eigenvalue weighted by atomic mass is 10.1. The van der Waals surface area contributed by atoms with E-state index in [1.165, 1.54) is 5.12 Å². The molecule has 0 aliphatic carbocycles. The summed E-state index contributed by atoms with van der Waals surface area (Å²) in [6.45, 7) is 4.23. The summed E-state index contributed by atoms with van der Waals surface area (Å²) in [6, 6.07) is 5.72. The molecule has 0 bridgehead atoms. The number of hydrogen-bond acceptors (Lipinski definition) is 3. The second-order valence-corrected chi connectivity index (χ2v) is 4.43. The molecule has 98 valence electrons. The van der Waals surface area contributed by atoms with E-state index in [9.17, 15) is 0 Å². The highest BCUT2D eigenvalue weighted by molar-refractivity contribution is 6.30. The fourth-order valence-corrected chi connectivity index (χ4v) is 1.73. The van der Waals surface area contributed by atoms with Gasteiger partial charge in [0.25, 0.3) is 0 Å². The smallest absolute Gasteiger partial charge is 0.118 e. The highest BCUT2D eigenvalue weighted by atomic mass is 35.5. The molecule has 18 heavy (non-hydrogen) atoms. The SMILES string of the molecule is CC/C=C/c1ccc(Cl)cc1CN(N)/N=C(/C)N. The molecule has 5 heteroatoms. The highest BCUT2D eigenvalue weighted by Gasteiger charge is 2.04. The zero-order chi connectivity index (χ0) is 13.5. The number of hydrogen-bond donors (Lipinski definition) is 2. The Kier molecular flexibility index (Phi) is 5.68. The predicted octanol–water partition coefficient (Wildman–Crippen LogP) is 2.73. The number of rotatable bonds is 5. The van der Waals surface area contributed by atoms with Gasteiger partial charge in [0.15, 0.2) is 0 Å². The van der Waals surface area contributed by atoms with Gasteiger partial charge in [-0.1, -0.05) is 36.7 Å². The van der Waals surface area contributed by atoms with E-state index in [4.69, 9.17) is 23.2 Å². The molecule has 1 aromatic carbocycles. The molecule has 0 aromatic heterocycles. The van der Waals surface area contributed by atoms with Crippen molar-refractivity contribution in [2.24, 2.45) is 16.7 Å². The van der Waals surface area contributed by atoms with Crippen LogP contribution in [-0.2, 0) is 6.54 Å². The molecule has 0 heterocycles. The largest absolute Gasteiger partial charge is 0.386 e. The van der Waals surface area contributed by atoms with Crippen LogP contribution in [0.2, 0.25) is 5.02 Å². The van der Waals surface area contributed by atoms with Crippen molar-refractivity contribution in [1.82, 2.24) is 5.12 Å². The van der Waals surface area contributed by atoms with Gasteiger partial charge in [-0.05, 0) is 36.6 Å². The maximum atomic E-state index is 6.00. The van der Waals surface area contributed by atoms with Crippen LogP contribution in [0, 0.1) is 0 Å². The first-order valence-electron chi connectivity index (χ1n) is 5.80. The van der Waals surface area contributed by atoms with Crippen LogP contribution < -0.4 is 11.6 Å². The lowest BCUT2D eigenvalue weighted by Gasteiger charge is -2.15. The van der Waals surface area contributed by atoms with Crippen molar-refractivity contribution in [2.75, 3.05) is 0 Å². The number of nitrogens with zero attached hydrogens (tertiary/aromatic N) is 2. The minimum absolute atomic E-state index is 0.421. The lowest BCUT2D eigenvalue weighted by molar-refractivity contribution is 0.290. The average Bonchev–Trinajstić information content (AvgIpc) is 2.26. The van der Waals surface area contributed by atoms with Gasteiger partial charge in [-0.2, -0.15) is 0 Å². The molecule has 0 saturated carbocycles. The molecule has 4 N–H and O–H groups in total. The third-order valence-electron chi connectivity index (χ3n) is 2.26. The van der Waals surface area contributed by atoms with Crippen LogP contribution in [-0.4, -0.2) is 11.0 Å².